The molecule has 0 saturated carbocycles. The summed E-state index contributed by atoms with van der Waals surface area (Å²) in [5, 5.41) is 0. The Morgan fingerprint density at radius 2 is 1.74 bits per heavy atom. The Bertz CT molecular complexity index is 1040. The SMILES string of the molecule is CC(C)(C)C(=O)OC[C@@H]1C[C@@H](CO[P+](=O)O)O[C@@]1(COC(=O)C(C)(C)C)n1ccc(=O)[nH]c1=O. The van der Waals surface area contributed by atoms with Gasteiger partial charge in [-0.3, -0.25) is 23.9 Å². The summed E-state index contributed by atoms with van der Waals surface area (Å²) < 4.78 is 34.0. The highest BCUT2D eigenvalue weighted by molar-refractivity contribution is 7.32. The highest BCUT2D eigenvalue weighted by Gasteiger charge is 2.53. The van der Waals surface area contributed by atoms with Crippen LogP contribution in [-0.4, -0.2) is 52.3 Å². The van der Waals surface area contributed by atoms with E-state index in [0.717, 1.165) is 10.6 Å². The van der Waals surface area contributed by atoms with E-state index in [2.05, 4.69) is 4.98 Å². The number of nitrogens with zero attached hydrogens (tertiary/aromatic N) is 1. The van der Waals surface area contributed by atoms with E-state index in [4.69, 9.17) is 23.6 Å². The largest absolute Gasteiger partial charge is 0.694 e. The Balaban J connectivity index is 2.51. The van der Waals surface area contributed by atoms with E-state index in [1.54, 1.807) is 41.5 Å². The van der Waals surface area contributed by atoms with Gasteiger partial charge in [0.25, 0.3) is 5.56 Å². The van der Waals surface area contributed by atoms with Gasteiger partial charge < -0.3 is 14.2 Å². The number of hydrogen-bond donors (Lipinski definition) is 2. The second-order valence-electron chi connectivity index (χ2n) is 10.2. The Morgan fingerprint density at radius 1 is 1.15 bits per heavy atom. The summed E-state index contributed by atoms with van der Waals surface area (Å²) in [6.45, 7) is 9.04. The van der Waals surface area contributed by atoms with E-state index in [9.17, 15) is 23.7 Å². The first-order valence-corrected chi connectivity index (χ1v) is 11.8. The predicted octanol–water partition coefficient (Wildman–Crippen LogP) is 1.44. The van der Waals surface area contributed by atoms with Crippen molar-refractivity contribution in [2.45, 2.75) is 59.8 Å². The highest BCUT2D eigenvalue weighted by Crippen LogP contribution is 2.41. The van der Waals surface area contributed by atoms with Crippen LogP contribution in [0.3, 0.4) is 0 Å². The van der Waals surface area contributed by atoms with Gasteiger partial charge in [-0.15, -0.1) is 9.42 Å². The van der Waals surface area contributed by atoms with Crippen LogP contribution in [0.5, 0.6) is 0 Å². The van der Waals surface area contributed by atoms with Crippen molar-refractivity contribution in [3.8, 4) is 0 Å². The average Bonchev–Trinajstić information content (AvgIpc) is 3.05. The van der Waals surface area contributed by atoms with E-state index in [1.165, 1.54) is 6.20 Å². The molecule has 2 rings (SSSR count). The Morgan fingerprint density at radius 3 is 2.26 bits per heavy atom. The van der Waals surface area contributed by atoms with Crippen LogP contribution in [-0.2, 0) is 38.6 Å². The Hall–Kier alpha value is -2.40. The zero-order chi connectivity index (χ0) is 25.9. The van der Waals surface area contributed by atoms with Gasteiger partial charge in [0, 0.05) is 22.7 Å². The zero-order valence-electron chi connectivity index (χ0n) is 20.2. The number of esters is 2. The molecule has 0 radical (unpaired) electrons. The van der Waals surface area contributed by atoms with Gasteiger partial charge in [-0.25, -0.2) is 4.79 Å². The number of carbonyl (C=O) groups is 2. The third kappa shape index (κ3) is 6.82. The topological polar surface area (TPSA) is 163 Å². The van der Waals surface area contributed by atoms with Crippen LogP contribution in [0.25, 0.3) is 0 Å². The maximum atomic E-state index is 12.8. The standard InChI is InChI=1S/C21H31N2O10P/c1-19(2,3)16(25)30-10-13-9-14(11-32-34(28)29)33-21(13,12-31-17(26)20(4,5)6)23-8-7-15(24)22-18(23)27/h7-8,13-14H,9-12H2,1-6H3,(H-,22,24,27,28,29)/p+1/t13-,14-,21+/m0/s1. The molecule has 0 bridgehead atoms. The van der Waals surface area contributed by atoms with Gasteiger partial charge in [0.1, 0.15) is 13.2 Å². The van der Waals surface area contributed by atoms with Crippen LogP contribution in [0.4, 0.5) is 0 Å². The van der Waals surface area contributed by atoms with Gasteiger partial charge in [0.2, 0.25) is 0 Å². The number of ether oxygens (including phenoxy) is 3. The fraction of sp³-hybridized carbons (Fsp3) is 0.714. The van der Waals surface area contributed by atoms with E-state index < -0.39 is 66.6 Å². The minimum atomic E-state index is -2.91. The number of rotatable bonds is 8. The van der Waals surface area contributed by atoms with Crippen LogP contribution in [0.1, 0.15) is 48.0 Å². The lowest BCUT2D eigenvalue weighted by Crippen LogP contribution is -2.52. The smallest absolute Gasteiger partial charge is 0.465 e. The first kappa shape index (κ1) is 27.8. The molecule has 1 aromatic rings. The number of aromatic nitrogens is 2. The van der Waals surface area contributed by atoms with Crippen molar-refractivity contribution in [3.63, 3.8) is 0 Å². The van der Waals surface area contributed by atoms with E-state index >= 15 is 0 Å². The van der Waals surface area contributed by atoms with Crippen molar-refractivity contribution >= 4 is 20.2 Å². The second-order valence-corrected chi connectivity index (χ2v) is 10.9. The lowest BCUT2D eigenvalue weighted by atomic mass is 9.93. The minimum absolute atomic E-state index is 0.138. The van der Waals surface area contributed by atoms with Gasteiger partial charge in [-0.05, 0) is 48.0 Å². The lowest BCUT2D eigenvalue weighted by molar-refractivity contribution is -0.193. The molecule has 13 heteroatoms. The van der Waals surface area contributed by atoms with Crippen LogP contribution in [0, 0.1) is 16.7 Å². The van der Waals surface area contributed by atoms with Crippen molar-refractivity contribution in [3.05, 3.63) is 33.1 Å². The Kier molecular flexibility index (Phi) is 8.57. The molecule has 4 atom stereocenters. The van der Waals surface area contributed by atoms with E-state index in [0.29, 0.717) is 0 Å². The fourth-order valence-electron chi connectivity index (χ4n) is 3.35. The summed E-state index contributed by atoms with van der Waals surface area (Å²) in [7, 11) is -2.91. The van der Waals surface area contributed by atoms with Crippen LogP contribution < -0.4 is 11.2 Å². The molecule has 0 spiro atoms. The quantitative estimate of drug-likeness (QED) is 0.392. The molecule has 0 aromatic carbocycles. The number of nitrogens with one attached hydrogen (secondary N) is 1. The maximum absolute atomic E-state index is 12.8. The summed E-state index contributed by atoms with van der Waals surface area (Å²) >= 11 is 0. The molecule has 1 aliphatic rings. The predicted molar refractivity (Wildman–Crippen MR) is 119 cm³/mol. The first-order chi connectivity index (χ1) is 15.6. The molecule has 0 aliphatic carbocycles. The highest BCUT2D eigenvalue weighted by atomic mass is 31.1. The third-order valence-electron chi connectivity index (χ3n) is 5.21. The molecular weight excluding hydrogens is 471 g/mol. The lowest BCUT2D eigenvalue weighted by Gasteiger charge is -2.36. The number of H-pyrrole nitrogens is 1. The van der Waals surface area contributed by atoms with Gasteiger partial charge >= 0.3 is 25.9 Å². The maximum Gasteiger partial charge on any atom is 0.694 e. The zero-order valence-corrected chi connectivity index (χ0v) is 21.0. The summed E-state index contributed by atoms with van der Waals surface area (Å²) in [6, 6.07) is 1.10. The van der Waals surface area contributed by atoms with Gasteiger partial charge in [0.05, 0.1) is 23.5 Å². The van der Waals surface area contributed by atoms with Crippen molar-refractivity contribution in [2.24, 2.45) is 16.7 Å². The Labute approximate surface area is 197 Å². The fourth-order valence-corrected chi connectivity index (χ4v) is 3.64. The third-order valence-corrected chi connectivity index (χ3v) is 5.58. The van der Waals surface area contributed by atoms with Gasteiger partial charge in [-0.2, -0.15) is 0 Å². The molecular formula is C21H32N2O10P+. The summed E-state index contributed by atoms with van der Waals surface area (Å²) in [4.78, 5) is 60.5. The summed E-state index contributed by atoms with van der Waals surface area (Å²) in [5.74, 6) is -1.81. The minimum Gasteiger partial charge on any atom is -0.465 e. The second kappa shape index (κ2) is 10.5. The van der Waals surface area contributed by atoms with E-state index in [1.807, 2.05) is 0 Å². The molecule has 1 aliphatic heterocycles. The number of carbonyl (C=O) groups excluding carboxylic acids is 2. The first-order valence-electron chi connectivity index (χ1n) is 10.7. The average molecular weight is 503 g/mol. The van der Waals surface area contributed by atoms with Crippen molar-refractivity contribution < 1.29 is 37.8 Å². The molecule has 1 aromatic heterocycles. The van der Waals surface area contributed by atoms with Crippen molar-refractivity contribution in [2.75, 3.05) is 19.8 Å². The van der Waals surface area contributed by atoms with Gasteiger partial charge in [-0.1, -0.05) is 0 Å². The number of aromatic amines is 1. The van der Waals surface area contributed by atoms with E-state index in [-0.39, 0.29) is 19.6 Å². The van der Waals surface area contributed by atoms with Crippen LogP contribution in [0.15, 0.2) is 21.9 Å². The van der Waals surface area contributed by atoms with Crippen molar-refractivity contribution in [1.29, 1.82) is 0 Å². The molecule has 2 N–H and O–H groups in total. The molecule has 1 fully saturated rings. The molecule has 1 saturated heterocycles. The van der Waals surface area contributed by atoms with Gasteiger partial charge in [0.15, 0.2) is 5.72 Å². The number of hydrogen-bond acceptors (Lipinski definition) is 9. The normalized spacial score (nSPS) is 23.4. The summed E-state index contributed by atoms with van der Waals surface area (Å²) in [6.07, 6.45) is 0.524. The monoisotopic (exact) mass is 503 g/mol. The molecule has 12 nitrogen and oxygen atoms in total. The molecule has 34 heavy (non-hydrogen) atoms. The molecule has 2 heterocycles. The van der Waals surface area contributed by atoms with Crippen molar-refractivity contribution in [1.82, 2.24) is 9.55 Å². The molecule has 190 valence electrons. The summed E-state index contributed by atoms with van der Waals surface area (Å²) in [5.41, 5.74) is -4.82. The molecule has 1 unspecified atom stereocenters. The van der Waals surface area contributed by atoms with Crippen LogP contribution >= 0.6 is 8.25 Å². The van der Waals surface area contributed by atoms with Crippen LogP contribution in [0.2, 0.25) is 0 Å². The molecule has 0 amide bonds.